The number of aromatic nitrogens is 3. The second-order valence-corrected chi connectivity index (χ2v) is 4.91. The molecule has 1 heterocycles. The van der Waals surface area contributed by atoms with Gasteiger partial charge in [-0.25, -0.2) is 4.98 Å². The van der Waals surface area contributed by atoms with Crippen LogP contribution in [-0.4, -0.2) is 33.5 Å². The smallest absolute Gasteiger partial charge is 0.290 e. The Labute approximate surface area is 123 Å². The second kappa shape index (κ2) is 6.99. The van der Waals surface area contributed by atoms with Crippen molar-refractivity contribution in [3.63, 3.8) is 0 Å². The number of carboxylic acid groups (broad SMARTS) is 1. The van der Waals surface area contributed by atoms with Gasteiger partial charge < -0.3 is 9.84 Å². The molecule has 21 heavy (non-hydrogen) atoms. The summed E-state index contributed by atoms with van der Waals surface area (Å²) >= 11 is 0. The first-order valence-electron chi connectivity index (χ1n) is 6.76. The maximum Gasteiger partial charge on any atom is 0.290 e. The van der Waals surface area contributed by atoms with E-state index in [2.05, 4.69) is 34.3 Å². The summed E-state index contributed by atoms with van der Waals surface area (Å²) in [5.74, 6) is 2.41. The number of benzene rings is 1. The third-order valence-corrected chi connectivity index (χ3v) is 3.34. The van der Waals surface area contributed by atoms with E-state index >= 15 is 0 Å². The molecule has 0 unspecified atom stereocenters. The fourth-order valence-electron chi connectivity index (χ4n) is 2.11. The van der Waals surface area contributed by atoms with Gasteiger partial charge in [0.05, 0.1) is 0 Å². The van der Waals surface area contributed by atoms with Gasteiger partial charge in [-0.3, -0.25) is 9.48 Å². The van der Waals surface area contributed by atoms with Gasteiger partial charge >= 0.3 is 0 Å². The summed E-state index contributed by atoms with van der Waals surface area (Å²) < 4.78 is 6.86. The topological polar surface area (TPSA) is 77.2 Å². The monoisotopic (exact) mass is 289 g/mol. The zero-order chi connectivity index (χ0) is 15.2. The van der Waals surface area contributed by atoms with Crippen molar-refractivity contribution in [2.75, 3.05) is 7.11 Å². The van der Waals surface area contributed by atoms with Crippen molar-refractivity contribution in [3.05, 3.63) is 35.7 Å². The second-order valence-electron chi connectivity index (χ2n) is 4.91. The molecule has 0 saturated heterocycles. The lowest BCUT2D eigenvalue weighted by molar-refractivity contribution is -0.122. The Morgan fingerprint density at radius 3 is 2.52 bits per heavy atom. The molecule has 3 rings (SSSR count). The van der Waals surface area contributed by atoms with Crippen LogP contribution < -0.4 is 0 Å². The largest absolute Gasteiger partial charge is 0.483 e. The highest BCUT2D eigenvalue weighted by Gasteiger charge is 2.23. The van der Waals surface area contributed by atoms with Crippen LogP contribution in [0.2, 0.25) is 0 Å². The van der Waals surface area contributed by atoms with E-state index in [4.69, 9.17) is 14.6 Å². The van der Waals surface area contributed by atoms with Gasteiger partial charge in [0, 0.05) is 19.7 Å². The first-order valence-corrected chi connectivity index (χ1v) is 6.76. The Bertz CT molecular complexity index is 589. The molecule has 1 aromatic heterocycles. The number of carbonyl (C=O) groups is 1. The molecule has 6 nitrogen and oxygen atoms in total. The van der Waals surface area contributed by atoms with Crippen LogP contribution in [0.1, 0.15) is 30.1 Å². The predicted octanol–water partition coefficient (Wildman–Crippen LogP) is 2.21. The van der Waals surface area contributed by atoms with E-state index in [9.17, 15) is 0 Å². The highest BCUT2D eigenvalue weighted by molar-refractivity contribution is 5.55. The number of hydrogen-bond acceptors (Lipinski definition) is 4. The molecule has 0 amide bonds. The summed E-state index contributed by atoms with van der Waals surface area (Å²) in [6.07, 6.45) is 2.67. The van der Waals surface area contributed by atoms with Gasteiger partial charge in [-0.15, -0.1) is 0 Å². The number of nitrogens with zero attached hydrogens (tertiary/aromatic N) is 3. The lowest BCUT2D eigenvalue weighted by Gasteiger charge is -1.99. The van der Waals surface area contributed by atoms with E-state index in [1.54, 1.807) is 11.8 Å². The minimum Gasteiger partial charge on any atom is -0.483 e. The number of ether oxygens (including phenoxy) is 1. The summed E-state index contributed by atoms with van der Waals surface area (Å²) in [6.45, 7) is 0.240. The zero-order valence-corrected chi connectivity index (χ0v) is 12.2. The maximum atomic E-state index is 8.36. The fourth-order valence-corrected chi connectivity index (χ4v) is 2.11. The van der Waals surface area contributed by atoms with Crippen LogP contribution in [0, 0.1) is 0 Å². The van der Waals surface area contributed by atoms with Crippen LogP contribution in [0.15, 0.2) is 24.3 Å². The first kappa shape index (κ1) is 15.2. The van der Waals surface area contributed by atoms with Crippen molar-refractivity contribution < 1.29 is 14.6 Å². The Morgan fingerprint density at radius 2 is 2.00 bits per heavy atom. The van der Waals surface area contributed by atoms with Crippen molar-refractivity contribution in [3.8, 4) is 11.4 Å². The molecule has 112 valence electrons. The quantitative estimate of drug-likeness (QED) is 0.873. The summed E-state index contributed by atoms with van der Waals surface area (Å²) in [6, 6.07) is 8.61. The number of methoxy groups -OCH3 is 1. The molecular formula is C15H19N3O3. The van der Waals surface area contributed by atoms with Crippen LogP contribution >= 0.6 is 0 Å². The summed E-state index contributed by atoms with van der Waals surface area (Å²) in [5, 5.41) is 11.3. The normalized spacial score (nSPS) is 13.4. The Hall–Kier alpha value is -2.21. The Kier molecular flexibility index (Phi) is 5.05. The van der Waals surface area contributed by atoms with Crippen molar-refractivity contribution in [2.24, 2.45) is 7.05 Å². The van der Waals surface area contributed by atoms with Gasteiger partial charge in [-0.1, -0.05) is 24.3 Å². The van der Waals surface area contributed by atoms with Gasteiger partial charge in [0.1, 0.15) is 6.61 Å². The highest BCUT2D eigenvalue weighted by atomic mass is 16.5. The molecule has 1 aliphatic rings. The third kappa shape index (κ3) is 3.88. The summed E-state index contributed by atoms with van der Waals surface area (Å²) in [5.41, 5.74) is 2.50. The van der Waals surface area contributed by atoms with Crippen LogP contribution in [0.5, 0.6) is 0 Å². The lowest BCUT2D eigenvalue weighted by Crippen LogP contribution is -2.00. The van der Waals surface area contributed by atoms with Gasteiger partial charge in [0.25, 0.3) is 6.47 Å². The van der Waals surface area contributed by atoms with Gasteiger partial charge in [-0.05, 0) is 24.3 Å². The van der Waals surface area contributed by atoms with E-state index < -0.39 is 0 Å². The SMILES string of the molecule is COCc1nc(-c2ccc(C3CC3)cc2)nn1C.O=CO. The lowest BCUT2D eigenvalue weighted by atomic mass is 10.1. The van der Waals surface area contributed by atoms with Crippen LogP contribution in [-0.2, 0) is 23.2 Å². The molecule has 0 bridgehead atoms. The molecule has 0 aliphatic heterocycles. The van der Waals surface area contributed by atoms with E-state index in [1.165, 1.54) is 18.4 Å². The molecule has 1 saturated carbocycles. The molecule has 1 fully saturated rings. The third-order valence-electron chi connectivity index (χ3n) is 3.34. The van der Waals surface area contributed by atoms with Gasteiger partial charge in [0.15, 0.2) is 11.6 Å². The average molecular weight is 289 g/mol. The molecule has 2 aromatic rings. The van der Waals surface area contributed by atoms with Crippen molar-refractivity contribution in [1.82, 2.24) is 14.8 Å². The van der Waals surface area contributed by atoms with E-state index in [0.717, 1.165) is 23.1 Å². The van der Waals surface area contributed by atoms with E-state index in [0.29, 0.717) is 6.61 Å². The minimum atomic E-state index is -0.250. The molecule has 1 aromatic carbocycles. The molecule has 1 N–H and O–H groups in total. The molecule has 6 heteroatoms. The minimum absolute atomic E-state index is 0.250. The number of hydrogen-bond donors (Lipinski definition) is 1. The molecule has 0 radical (unpaired) electrons. The van der Waals surface area contributed by atoms with Crippen LogP contribution in [0.25, 0.3) is 11.4 Å². The molecule has 0 atom stereocenters. The average Bonchev–Trinajstić information content (AvgIpc) is 3.26. The van der Waals surface area contributed by atoms with Crippen molar-refractivity contribution in [1.29, 1.82) is 0 Å². The van der Waals surface area contributed by atoms with Crippen LogP contribution in [0.4, 0.5) is 0 Å². The van der Waals surface area contributed by atoms with Crippen molar-refractivity contribution in [2.45, 2.75) is 25.4 Å². The van der Waals surface area contributed by atoms with E-state index in [-0.39, 0.29) is 6.47 Å². The highest BCUT2D eigenvalue weighted by Crippen LogP contribution is 2.40. The Morgan fingerprint density at radius 1 is 1.38 bits per heavy atom. The molecule has 1 aliphatic carbocycles. The fraction of sp³-hybridized carbons (Fsp3) is 0.400. The molecular weight excluding hydrogens is 270 g/mol. The first-order chi connectivity index (χ1) is 10.2. The maximum absolute atomic E-state index is 8.36. The number of aryl methyl sites for hydroxylation is 1. The molecule has 0 spiro atoms. The number of rotatable bonds is 4. The van der Waals surface area contributed by atoms with Crippen LogP contribution in [0.3, 0.4) is 0 Å². The van der Waals surface area contributed by atoms with Crippen molar-refractivity contribution >= 4 is 6.47 Å². The summed E-state index contributed by atoms with van der Waals surface area (Å²) in [4.78, 5) is 12.8. The zero-order valence-electron chi connectivity index (χ0n) is 12.2. The van der Waals surface area contributed by atoms with E-state index in [1.807, 2.05) is 7.05 Å². The van der Waals surface area contributed by atoms with Gasteiger partial charge in [-0.2, -0.15) is 5.10 Å². The standard InChI is InChI=1S/C14H17N3O.CH2O2/c1-17-13(9-18-2)15-14(16-17)12-7-5-11(6-8-12)10-3-4-10;2-1-3/h5-8,10H,3-4,9H2,1-2H3;1H,(H,2,3). The van der Waals surface area contributed by atoms with Gasteiger partial charge in [0.2, 0.25) is 0 Å². The summed E-state index contributed by atoms with van der Waals surface area (Å²) in [7, 11) is 3.56. The Balaban J connectivity index is 0.000000497. The predicted molar refractivity (Wildman–Crippen MR) is 77.8 cm³/mol.